The van der Waals surface area contributed by atoms with Crippen LogP contribution in [0.15, 0.2) is 0 Å². The molecule has 2 aliphatic heterocycles. The molecule has 0 bridgehead atoms. The van der Waals surface area contributed by atoms with Crippen LogP contribution in [-0.4, -0.2) is 62.3 Å². The van der Waals surface area contributed by atoms with Gasteiger partial charge in [0, 0.05) is 0 Å². The van der Waals surface area contributed by atoms with Crippen LogP contribution < -0.4 is 0 Å². The molecule has 0 spiro atoms. The molecule has 0 aromatic heterocycles. The van der Waals surface area contributed by atoms with Crippen molar-refractivity contribution in [3.05, 3.63) is 0 Å². The van der Waals surface area contributed by atoms with Gasteiger partial charge in [-0.15, -0.1) is 0 Å². The van der Waals surface area contributed by atoms with E-state index in [1.165, 1.54) is 0 Å². The molecule has 2 rings (SSSR count). The number of aliphatic hydroxyl groups is 4. The molecule has 0 aromatic rings. The van der Waals surface area contributed by atoms with Crippen molar-refractivity contribution >= 4 is 0 Å². The molecule has 4 nitrogen and oxygen atoms in total. The Balaban J connectivity index is 0.000000206. The Morgan fingerprint density at radius 3 is 1.00 bits per heavy atom. The summed E-state index contributed by atoms with van der Waals surface area (Å²) in [6.45, 7) is 6.94. The van der Waals surface area contributed by atoms with Gasteiger partial charge in [-0.2, -0.15) is 0 Å². The van der Waals surface area contributed by atoms with Crippen LogP contribution in [0.2, 0.25) is 0 Å². The average molecular weight is 237 g/mol. The molecule has 0 saturated carbocycles. The molecule has 2 aliphatic rings. The van der Waals surface area contributed by atoms with Crippen LogP contribution >= 0.6 is 0 Å². The van der Waals surface area contributed by atoms with Crippen LogP contribution in [0, 0.1) is 0 Å². The van der Waals surface area contributed by atoms with Gasteiger partial charge in [-0.25, -0.2) is 0 Å². The maximum absolute atomic E-state index is 4.98. The summed E-state index contributed by atoms with van der Waals surface area (Å²) >= 11 is 0. The third-order valence-corrected chi connectivity index (χ3v) is 1.57. The third-order valence-electron chi connectivity index (χ3n) is 1.57. The fourth-order valence-electron chi connectivity index (χ4n) is 0.944. The fraction of sp³-hybridized carbons (Fsp3) is 1.00. The molecule has 80 valence electrons. The van der Waals surface area contributed by atoms with Crippen molar-refractivity contribution in [2.45, 2.75) is 0 Å². The van der Waals surface area contributed by atoms with E-state index in [4.69, 9.17) is 9.47 Å². The molecular weight excluding hydrogens is 219 g/mol. The Bertz CT molecular complexity index is 59.1. The SMILES string of the molecule is C1C[OH+]CCO1.C1C[OH+]CCO1.[Ni+2]. The fourth-order valence-corrected chi connectivity index (χ4v) is 0.944. The Kier molecular flexibility index (Phi) is 10.7. The Hall–Kier alpha value is 0.334. The minimum absolute atomic E-state index is 0. The van der Waals surface area contributed by atoms with E-state index >= 15 is 0 Å². The first kappa shape index (κ1) is 13.3. The van der Waals surface area contributed by atoms with Gasteiger partial charge in [0.25, 0.3) is 0 Å². The third kappa shape index (κ3) is 8.66. The second-order valence-electron chi connectivity index (χ2n) is 2.57. The molecule has 2 heterocycles. The predicted octanol–water partition coefficient (Wildman–Crippen LogP) is -0.913. The number of ether oxygens (including phenoxy) is 4. The van der Waals surface area contributed by atoms with E-state index in [0.717, 1.165) is 52.9 Å². The number of rotatable bonds is 0. The molecule has 0 aliphatic carbocycles. The van der Waals surface area contributed by atoms with Gasteiger partial charge < -0.3 is 18.9 Å². The van der Waals surface area contributed by atoms with Gasteiger partial charge in [-0.1, -0.05) is 0 Å². The molecule has 5 heteroatoms. The topological polar surface area (TPSA) is 44.1 Å². The van der Waals surface area contributed by atoms with Crippen molar-refractivity contribution < 1.29 is 35.4 Å². The molecule has 0 unspecified atom stereocenters. The summed E-state index contributed by atoms with van der Waals surface area (Å²) in [5, 5.41) is 0. The van der Waals surface area contributed by atoms with Crippen LogP contribution in [0.1, 0.15) is 0 Å². The zero-order valence-corrected chi connectivity index (χ0v) is 8.67. The van der Waals surface area contributed by atoms with Crippen molar-refractivity contribution in [2.24, 2.45) is 0 Å². The summed E-state index contributed by atoms with van der Waals surface area (Å²) in [7, 11) is 0. The quantitative estimate of drug-likeness (QED) is 0.404. The van der Waals surface area contributed by atoms with Crippen molar-refractivity contribution in [1.29, 1.82) is 0 Å². The van der Waals surface area contributed by atoms with Crippen LogP contribution in [0.4, 0.5) is 0 Å². The van der Waals surface area contributed by atoms with Gasteiger partial charge in [0.15, 0.2) is 26.4 Å². The van der Waals surface area contributed by atoms with E-state index < -0.39 is 0 Å². The summed E-state index contributed by atoms with van der Waals surface area (Å²) in [6, 6.07) is 0. The Labute approximate surface area is 88.8 Å². The summed E-state index contributed by atoms with van der Waals surface area (Å²) in [5.41, 5.74) is 0. The van der Waals surface area contributed by atoms with Gasteiger partial charge in [0.1, 0.15) is 26.4 Å². The summed E-state index contributed by atoms with van der Waals surface area (Å²) < 4.78 is 18.1. The van der Waals surface area contributed by atoms with Crippen LogP contribution in [0.5, 0.6) is 0 Å². The first-order chi connectivity index (χ1) is 6.00. The summed E-state index contributed by atoms with van der Waals surface area (Å²) in [4.78, 5) is 0. The van der Waals surface area contributed by atoms with E-state index in [9.17, 15) is 0 Å². The van der Waals surface area contributed by atoms with E-state index in [0.29, 0.717) is 0 Å². The molecule has 2 N–H and O–H groups in total. The minimum atomic E-state index is 0. The van der Waals surface area contributed by atoms with Crippen LogP contribution in [0.25, 0.3) is 0 Å². The largest absolute Gasteiger partial charge is 2.00 e. The Morgan fingerprint density at radius 2 is 0.923 bits per heavy atom. The average Bonchev–Trinajstić information content (AvgIpc) is 2.24. The summed E-state index contributed by atoms with van der Waals surface area (Å²) in [6.07, 6.45) is 0. The minimum Gasteiger partial charge on any atom is -0.430 e. The van der Waals surface area contributed by atoms with E-state index in [1.54, 1.807) is 0 Å². The van der Waals surface area contributed by atoms with Gasteiger partial charge >= 0.3 is 16.5 Å². The number of hydrogen-bond acceptors (Lipinski definition) is 2. The van der Waals surface area contributed by atoms with Crippen molar-refractivity contribution in [3.63, 3.8) is 0 Å². The molecular formula is C8H18NiO4+4. The molecule has 2 fully saturated rings. The Morgan fingerprint density at radius 1 is 0.615 bits per heavy atom. The molecule has 0 amide bonds. The van der Waals surface area contributed by atoms with E-state index in [1.807, 2.05) is 0 Å². The molecule has 0 aromatic carbocycles. The predicted molar refractivity (Wildman–Crippen MR) is 45.5 cm³/mol. The van der Waals surface area contributed by atoms with Crippen molar-refractivity contribution in [2.75, 3.05) is 52.9 Å². The second-order valence-corrected chi connectivity index (χ2v) is 2.57. The zero-order chi connectivity index (χ0) is 8.49. The smallest absolute Gasteiger partial charge is 0.430 e. The van der Waals surface area contributed by atoms with Crippen LogP contribution in [-0.2, 0) is 26.0 Å². The van der Waals surface area contributed by atoms with E-state index in [2.05, 4.69) is 9.47 Å². The molecule has 0 radical (unpaired) electrons. The summed E-state index contributed by atoms with van der Waals surface area (Å²) in [5.74, 6) is 0. The maximum Gasteiger partial charge on any atom is 2.00 e. The molecule has 2 saturated heterocycles. The standard InChI is InChI=1S/2C4H8O2.Ni/c2*1-2-6-4-3-5-1;/h2*1-4H2;/q;;+2/p+2. The van der Waals surface area contributed by atoms with Gasteiger partial charge in [0.2, 0.25) is 0 Å². The number of hydrogen-bond donors (Lipinski definition) is 0. The van der Waals surface area contributed by atoms with Gasteiger partial charge in [-0.3, -0.25) is 0 Å². The second kappa shape index (κ2) is 10.4. The van der Waals surface area contributed by atoms with Gasteiger partial charge in [0.05, 0.1) is 0 Å². The normalized spacial score (nSPS) is 22.2. The van der Waals surface area contributed by atoms with E-state index in [-0.39, 0.29) is 16.5 Å². The monoisotopic (exact) mass is 236 g/mol. The first-order valence-corrected chi connectivity index (χ1v) is 4.42. The van der Waals surface area contributed by atoms with Crippen molar-refractivity contribution in [1.82, 2.24) is 0 Å². The van der Waals surface area contributed by atoms with Crippen LogP contribution in [0.3, 0.4) is 0 Å². The van der Waals surface area contributed by atoms with Crippen molar-refractivity contribution in [3.8, 4) is 0 Å². The van der Waals surface area contributed by atoms with Gasteiger partial charge in [-0.05, 0) is 0 Å². The molecule has 0 atom stereocenters. The molecule has 13 heavy (non-hydrogen) atoms. The first-order valence-electron chi connectivity index (χ1n) is 4.42. The zero-order valence-electron chi connectivity index (χ0n) is 7.68. The maximum atomic E-state index is 4.98.